The van der Waals surface area contributed by atoms with E-state index in [1.807, 2.05) is 38.1 Å². The lowest BCUT2D eigenvalue weighted by Gasteiger charge is -2.14. The molecule has 1 amide bonds. The van der Waals surface area contributed by atoms with Crippen LogP contribution in [-0.4, -0.2) is 30.2 Å². The smallest absolute Gasteiger partial charge is 0.344 e. The number of amides is 1. The van der Waals surface area contributed by atoms with Gasteiger partial charge in [-0.3, -0.25) is 4.79 Å². The second-order valence-electron chi connectivity index (χ2n) is 6.28. The second-order valence-corrected chi connectivity index (χ2v) is 6.28. The first-order valence-electron chi connectivity index (χ1n) is 8.41. The van der Waals surface area contributed by atoms with Crippen molar-refractivity contribution in [1.29, 1.82) is 0 Å². The van der Waals surface area contributed by atoms with Gasteiger partial charge in [0.2, 0.25) is 0 Å². The van der Waals surface area contributed by atoms with Gasteiger partial charge in [-0.1, -0.05) is 31.1 Å². The molecule has 1 aromatic heterocycles. The molecule has 140 valence electrons. The molecule has 0 aliphatic rings. The first-order chi connectivity index (χ1) is 12.3. The van der Waals surface area contributed by atoms with Gasteiger partial charge in [-0.2, -0.15) is 0 Å². The van der Waals surface area contributed by atoms with E-state index in [1.54, 1.807) is 14.0 Å². The number of hydrogen-bond donors (Lipinski definition) is 1. The van der Waals surface area contributed by atoms with Crippen LogP contribution < -0.4 is 10.1 Å². The highest BCUT2D eigenvalue weighted by Crippen LogP contribution is 2.23. The first-order valence-corrected chi connectivity index (χ1v) is 8.41. The van der Waals surface area contributed by atoms with Crippen molar-refractivity contribution >= 4 is 11.9 Å². The van der Waals surface area contributed by atoms with Gasteiger partial charge in [0.25, 0.3) is 5.91 Å². The maximum absolute atomic E-state index is 12.4. The summed E-state index contributed by atoms with van der Waals surface area (Å²) < 4.78 is 15.6. The third kappa shape index (κ3) is 4.62. The summed E-state index contributed by atoms with van der Waals surface area (Å²) in [5, 5.41) is 6.56. The molecule has 0 saturated heterocycles. The molecule has 0 saturated carbocycles. The standard InChI is InChI=1S/C19H24N2O5/c1-11(2)17-16(12(3)21-26-17)19(23)25-13(4)18(22)20-10-14-6-8-15(24-5)9-7-14/h6-9,11,13H,10H2,1-5H3,(H,20,22)/t13-/m1/s1. The molecule has 0 aliphatic heterocycles. The van der Waals surface area contributed by atoms with E-state index in [9.17, 15) is 9.59 Å². The molecule has 0 radical (unpaired) electrons. The van der Waals surface area contributed by atoms with Crippen LogP contribution in [0.2, 0.25) is 0 Å². The predicted octanol–water partition coefficient (Wildman–Crippen LogP) is 2.98. The molecular weight excluding hydrogens is 336 g/mol. The van der Waals surface area contributed by atoms with Gasteiger partial charge < -0.3 is 19.3 Å². The Balaban J connectivity index is 1.94. The average Bonchev–Trinajstić information content (AvgIpc) is 3.01. The Hall–Kier alpha value is -2.83. The Morgan fingerprint density at radius 1 is 1.19 bits per heavy atom. The van der Waals surface area contributed by atoms with Crippen LogP contribution in [-0.2, 0) is 16.1 Å². The van der Waals surface area contributed by atoms with Crippen LogP contribution >= 0.6 is 0 Å². The van der Waals surface area contributed by atoms with Crippen molar-refractivity contribution in [3.63, 3.8) is 0 Å². The summed E-state index contributed by atoms with van der Waals surface area (Å²) in [4.78, 5) is 24.6. The minimum Gasteiger partial charge on any atom is -0.497 e. The van der Waals surface area contributed by atoms with Crippen LogP contribution in [0.4, 0.5) is 0 Å². The maximum atomic E-state index is 12.4. The first kappa shape index (κ1) is 19.5. The molecule has 2 aromatic rings. The minimum absolute atomic E-state index is 0.0158. The largest absolute Gasteiger partial charge is 0.497 e. The van der Waals surface area contributed by atoms with Gasteiger partial charge in [-0.25, -0.2) is 4.79 Å². The van der Waals surface area contributed by atoms with Crippen molar-refractivity contribution in [3.8, 4) is 5.75 Å². The van der Waals surface area contributed by atoms with E-state index in [4.69, 9.17) is 14.0 Å². The van der Waals surface area contributed by atoms with Crippen molar-refractivity contribution in [2.75, 3.05) is 7.11 Å². The molecule has 0 spiro atoms. The van der Waals surface area contributed by atoms with E-state index >= 15 is 0 Å². The van der Waals surface area contributed by atoms with E-state index in [0.29, 0.717) is 18.0 Å². The number of hydrogen-bond acceptors (Lipinski definition) is 6. The van der Waals surface area contributed by atoms with Gasteiger partial charge in [-0.15, -0.1) is 0 Å². The van der Waals surface area contributed by atoms with Gasteiger partial charge >= 0.3 is 5.97 Å². The highest BCUT2D eigenvalue weighted by molar-refractivity contribution is 5.94. The van der Waals surface area contributed by atoms with E-state index in [-0.39, 0.29) is 17.4 Å². The van der Waals surface area contributed by atoms with Gasteiger partial charge in [0.05, 0.1) is 12.8 Å². The molecule has 0 fully saturated rings. The lowest BCUT2D eigenvalue weighted by molar-refractivity contribution is -0.129. The van der Waals surface area contributed by atoms with E-state index < -0.39 is 12.1 Å². The number of benzene rings is 1. The number of nitrogens with one attached hydrogen (secondary N) is 1. The number of aryl methyl sites for hydroxylation is 1. The molecule has 0 aliphatic carbocycles. The topological polar surface area (TPSA) is 90.7 Å². The van der Waals surface area contributed by atoms with Crippen molar-refractivity contribution in [3.05, 3.63) is 46.8 Å². The zero-order valence-electron chi connectivity index (χ0n) is 15.7. The second kappa shape index (κ2) is 8.51. The lowest BCUT2D eigenvalue weighted by atomic mass is 10.1. The van der Waals surface area contributed by atoms with Crippen LogP contribution in [0.5, 0.6) is 5.75 Å². The summed E-state index contributed by atoms with van der Waals surface area (Å²) in [7, 11) is 1.59. The van der Waals surface area contributed by atoms with Crippen LogP contribution in [0.3, 0.4) is 0 Å². The van der Waals surface area contributed by atoms with Gasteiger partial charge in [0, 0.05) is 12.5 Å². The zero-order valence-corrected chi connectivity index (χ0v) is 15.7. The molecular formula is C19H24N2O5. The number of esters is 1. The van der Waals surface area contributed by atoms with Crippen LogP contribution in [0, 0.1) is 6.92 Å². The number of methoxy groups -OCH3 is 1. The van der Waals surface area contributed by atoms with E-state index in [1.165, 1.54) is 6.92 Å². The molecule has 7 nitrogen and oxygen atoms in total. The zero-order chi connectivity index (χ0) is 19.3. The Labute approximate surface area is 152 Å². The predicted molar refractivity (Wildman–Crippen MR) is 95.0 cm³/mol. The summed E-state index contributed by atoms with van der Waals surface area (Å²) in [6.45, 7) is 7.30. The van der Waals surface area contributed by atoms with Crippen LogP contribution in [0.25, 0.3) is 0 Å². The van der Waals surface area contributed by atoms with E-state index in [2.05, 4.69) is 10.5 Å². The van der Waals surface area contributed by atoms with Crippen molar-refractivity contribution in [2.45, 2.75) is 46.3 Å². The molecule has 1 N–H and O–H groups in total. The SMILES string of the molecule is COc1ccc(CNC(=O)[C@@H](C)OC(=O)c2c(C)noc2C(C)C)cc1. The number of carbonyl (C=O) groups is 2. The fourth-order valence-electron chi connectivity index (χ4n) is 2.38. The Morgan fingerprint density at radius 2 is 1.85 bits per heavy atom. The highest BCUT2D eigenvalue weighted by Gasteiger charge is 2.27. The van der Waals surface area contributed by atoms with Gasteiger partial charge in [0.1, 0.15) is 11.3 Å². The number of carbonyl (C=O) groups excluding carboxylic acids is 2. The summed E-state index contributed by atoms with van der Waals surface area (Å²) in [6, 6.07) is 7.33. The van der Waals surface area contributed by atoms with Crippen molar-refractivity contribution < 1.29 is 23.6 Å². The van der Waals surface area contributed by atoms with Crippen LogP contribution in [0.1, 0.15) is 54.1 Å². The summed E-state index contributed by atoms with van der Waals surface area (Å²) in [5.41, 5.74) is 1.65. The third-order valence-electron chi connectivity index (χ3n) is 3.90. The highest BCUT2D eigenvalue weighted by atomic mass is 16.5. The molecule has 0 unspecified atom stereocenters. The monoisotopic (exact) mass is 360 g/mol. The average molecular weight is 360 g/mol. The molecule has 2 rings (SSSR count). The Bertz CT molecular complexity index is 765. The Kier molecular flexibility index (Phi) is 6.38. The minimum atomic E-state index is -0.935. The molecule has 1 atom stereocenters. The Morgan fingerprint density at radius 3 is 2.42 bits per heavy atom. The molecule has 7 heteroatoms. The summed E-state index contributed by atoms with van der Waals surface area (Å²) in [6.07, 6.45) is -0.935. The number of ether oxygens (including phenoxy) is 2. The van der Waals surface area contributed by atoms with E-state index in [0.717, 1.165) is 11.3 Å². The fraction of sp³-hybridized carbons (Fsp3) is 0.421. The maximum Gasteiger partial charge on any atom is 0.344 e. The number of rotatable bonds is 7. The van der Waals surface area contributed by atoms with Crippen molar-refractivity contribution in [1.82, 2.24) is 10.5 Å². The summed E-state index contributed by atoms with van der Waals surface area (Å²) >= 11 is 0. The summed E-state index contributed by atoms with van der Waals surface area (Å²) in [5.74, 6) is 0.192. The molecule has 1 heterocycles. The number of nitrogens with zero attached hydrogens (tertiary/aromatic N) is 1. The third-order valence-corrected chi connectivity index (χ3v) is 3.90. The molecule has 1 aromatic carbocycles. The molecule has 0 bridgehead atoms. The lowest BCUT2D eigenvalue weighted by Crippen LogP contribution is -2.35. The van der Waals surface area contributed by atoms with Gasteiger partial charge in [-0.05, 0) is 31.5 Å². The van der Waals surface area contributed by atoms with Crippen LogP contribution in [0.15, 0.2) is 28.8 Å². The van der Waals surface area contributed by atoms with Gasteiger partial charge in [0.15, 0.2) is 11.9 Å². The fourth-order valence-corrected chi connectivity index (χ4v) is 2.38. The normalized spacial score (nSPS) is 11.9. The van der Waals surface area contributed by atoms with Crippen molar-refractivity contribution in [2.24, 2.45) is 0 Å². The number of aromatic nitrogens is 1. The molecule has 26 heavy (non-hydrogen) atoms. The quantitative estimate of drug-likeness (QED) is 0.764.